The molecule has 2 aromatic rings. The number of allylic oxidation sites excluding steroid dienone is 3. The second-order valence-corrected chi connectivity index (χ2v) is 24.2. The number of phenols is 1. The van der Waals surface area contributed by atoms with Crippen molar-refractivity contribution in [2.24, 2.45) is 35.5 Å². The lowest BCUT2D eigenvalue weighted by molar-refractivity contribution is -0.302. The van der Waals surface area contributed by atoms with Crippen molar-refractivity contribution in [3.63, 3.8) is 0 Å². The molecule has 2 aliphatic carbocycles. The molecular weight excluding hydrogens is 1100 g/mol. The lowest BCUT2D eigenvalue weighted by Gasteiger charge is -2.47. The predicted octanol–water partition coefficient (Wildman–Crippen LogP) is 8.28. The highest BCUT2D eigenvalue weighted by Crippen LogP contribution is 2.44. The molecular formula is C65H82N2O18. The van der Waals surface area contributed by atoms with E-state index in [-0.39, 0.29) is 78.4 Å². The van der Waals surface area contributed by atoms with Crippen LogP contribution in [0.4, 0.5) is 4.79 Å². The average molecular weight is 1180 g/mol. The number of aliphatic hydroxyl groups excluding tert-OH is 2. The molecule has 14 atom stereocenters. The number of amides is 2. The summed E-state index contributed by atoms with van der Waals surface area (Å²) in [6.07, 6.45) is 0.813. The zero-order chi connectivity index (χ0) is 61.6. The highest BCUT2D eigenvalue weighted by atomic mass is 16.7. The molecule has 20 nitrogen and oxygen atoms in total. The normalized spacial score (nSPS) is 31.3. The molecule has 0 aromatic heterocycles. The number of ether oxygens (including phenoxy) is 5. The first-order valence-electron chi connectivity index (χ1n) is 29.6. The molecule has 2 amide bonds. The van der Waals surface area contributed by atoms with Crippen LogP contribution in [0.1, 0.15) is 128 Å². The van der Waals surface area contributed by atoms with Gasteiger partial charge in [-0.1, -0.05) is 63.6 Å². The maximum absolute atomic E-state index is 14.7. The quantitative estimate of drug-likeness (QED) is 0.0356. The van der Waals surface area contributed by atoms with Crippen LogP contribution < -0.4 is 10.7 Å². The number of phenolic OH excluding ortho intramolecular Hbond substituents is 1. The van der Waals surface area contributed by atoms with Gasteiger partial charge in [0.05, 0.1) is 48.7 Å². The standard InChI is InChI=1S/C65H82N2O18/c1-34-25-35(2)27-54(80-7)59-55(81-8)30-38(5)65(79,85-59)60(73)61(74)67-23-12-11-15-48(67)63(77)84-57(37(4)29-40-16-20-49(69)36(3)28-40)39(6)51(71)32-52(72)41(26-34)22-24-82-64(78)66-33-47-50(70)21-19-46-56(43-13-9-10-14-44(43)62(75)76)45-18-17-42(68)31-53(45)83-58(46)47/h9-10,13-14,17-19,21,26,29,31,35-36,38-41,48-49,51,54-55,57,59,68-69,71,79H,11-12,15-16,20,22-25,27-28,30,32-33H2,1-8H3,(H,66,78)(H,75,76)/b34-26+,37-29+/t35-,36?,38?,39+,40?,41+,48?,49?,51?,54-,55-,57+,59+,65?/m0/s1. The SMILES string of the molecule is CO[C@H]1CC(C)C2(O)O[C@@H]1[C@@H](OC)C[C@@H](C)C/C(C)=C/[C@@H](CCOC(=O)NCc1c3oc4cc(O)ccc4c(-c4ccccc4C(=O)O)c-3ccc1=O)C(=O)CC(O)[C@@H](C)[C@@H](/C(C)=C/C1CCC(O)C(C)C1)OC(=O)C1CCCCN1C(=O)C2=O. The average Bonchev–Trinajstić information content (AvgIpc) is 3.37. The van der Waals surface area contributed by atoms with Crippen LogP contribution >= 0.6 is 0 Å². The van der Waals surface area contributed by atoms with Crippen LogP contribution in [0.2, 0.25) is 0 Å². The third kappa shape index (κ3) is 14.4. The van der Waals surface area contributed by atoms with E-state index >= 15 is 0 Å². The fourth-order valence-electron chi connectivity index (χ4n) is 13.1. The molecule has 7 unspecified atom stereocenters. The van der Waals surface area contributed by atoms with Gasteiger partial charge in [-0.15, -0.1) is 0 Å². The first-order chi connectivity index (χ1) is 40.4. The number of carboxylic acids is 1. The van der Waals surface area contributed by atoms with Crippen molar-refractivity contribution in [2.45, 2.75) is 167 Å². The van der Waals surface area contributed by atoms with Crippen LogP contribution in [-0.2, 0) is 49.4 Å². The minimum Gasteiger partial charge on any atom is -0.508 e. The number of methoxy groups -OCH3 is 2. The van der Waals surface area contributed by atoms with E-state index in [0.717, 1.165) is 10.5 Å². The zero-order valence-corrected chi connectivity index (χ0v) is 49.7. The van der Waals surface area contributed by atoms with Gasteiger partial charge in [0.25, 0.3) is 11.7 Å². The van der Waals surface area contributed by atoms with Gasteiger partial charge in [0.15, 0.2) is 5.43 Å². The molecule has 6 aliphatic rings. The molecule has 460 valence electrons. The summed E-state index contributed by atoms with van der Waals surface area (Å²) in [6, 6.07) is 12.3. The van der Waals surface area contributed by atoms with Crippen LogP contribution in [0, 0.1) is 35.5 Å². The topological polar surface area (TPSA) is 295 Å². The van der Waals surface area contributed by atoms with E-state index in [9.17, 15) is 59.1 Å². The fourth-order valence-corrected chi connectivity index (χ4v) is 13.1. The summed E-state index contributed by atoms with van der Waals surface area (Å²) in [4.78, 5) is 99.1. The van der Waals surface area contributed by atoms with Crippen molar-refractivity contribution in [1.29, 1.82) is 0 Å². The molecule has 6 N–H and O–H groups in total. The number of alkyl carbamates (subject to hydrolysis) is 1. The van der Waals surface area contributed by atoms with Gasteiger partial charge in [0.1, 0.15) is 41.1 Å². The minimum atomic E-state index is -2.61. The van der Waals surface area contributed by atoms with E-state index in [1.807, 2.05) is 26.8 Å². The van der Waals surface area contributed by atoms with Crippen molar-refractivity contribution in [2.75, 3.05) is 27.4 Å². The maximum atomic E-state index is 14.7. The van der Waals surface area contributed by atoms with E-state index in [4.69, 9.17) is 28.1 Å². The van der Waals surface area contributed by atoms with Crippen LogP contribution in [0.5, 0.6) is 5.75 Å². The van der Waals surface area contributed by atoms with Gasteiger partial charge in [-0.25, -0.2) is 14.4 Å². The second kappa shape index (κ2) is 27.7. The van der Waals surface area contributed by atoms with Crippen molar-refractivity contribution in [3.05, 3.63) is 99.2 Å². The summed E-state index contributed by atoms with van der Waals surface area (Å²) in [5.41, 5.74) is 2.12. The van der Waals surface area contributed by atoms with Gasteiger partial charge in [-0.3, -0.25) is 19.2 Å². The number of hydrogen-bond donors (Lipinski definition) is 6. The van der Waals surface area contributed by atoms with E-state index in [2.05, 4.69) is 5.32 Å². The van der Waals surface area contributed by atoms with Crippen molar-refractivity contribution in [1.82, 2.24) is 10.2 Å². The Bertz CT molecular complexity index is 3200. The number of nitrogens with one attached hydrogen (secondary N) is 1. The number of benzene rings is 3. The number of cyclic esters (lactones) is 1. The van der Waals surface area contributed by atoms with Gasteiger partial charge in [0.2, 0.25) is 5.79 Å². The van der Waals surface area contributed by atoms with E-state index < -0.39 is 120 Å². The number of esters is 1. The third-order valence-electron chi connectivity index (χ3n) is 17.9. The Hall–Kier alpha value is -6.81. The van der Waals surface area contributed by atoms with Crippen molar-refractivity contribution < 1.29 is 82.4 Å². The molecule has 4 aliphatic heterocycles. The van der Waals surface area contributed by atoms with Gasteiger partial charge in [0, 0.05) is 67.5 Å². The number of carbonyl (C=O) groups is 6. The molecule has 20 heteroatoms. The molecule has 85 heavy (non-hydrogen) atoms. The maximum Gasteiger partial charge on any atom is 0.407 e. The molecule has 2 saturated heterocycles. The number of fused-ring (bicyclic) bond motifs is 5. The highest BCUT2D eigenvalue weighted by molar-refractivity contribution is 6.39. The van der Waals surface area contributed by atoms with Gasteiger partial charge in [-0.2, -0.15) is 0 Å². The molecule has 0 spiro atoms. The second-order valence-electron chi connectivity index (χ2n) is 24.2. The number of aromatic carboxylic acids is 1. The first kappa shape index (κ1) is 64.2. The third-order valence-corrected chi connectivity index (χ3v) is 17.9. The minimum absolute atomic E-state index is 0.00332. The lowest BCUT2D eigenvalue weighted by Crippen LogP contribution is -2.64. The van der Waals surface area contributed by atoms with E-state index in [0.29, 0.717) is 72.6 Å². The highest BCUT2D eigenvalue weighted by Gasteiger charge is 2.57. The number of hydrogen-bond acceptors (Lipinski definition) is 17. The lowest BCUT2D eigenvalue weighted by atomic mass is 9.78. The number of piperidine rings is 1. The zero-order valence-electron chi connectivity index (χ0n) is 49.7. The van der Waals surface area contributed by atoms with E-state index in [1.165, 1.54) is 44.6 Å². The fraction of sp³-hybridized carbons (Fsp3) is 0.554. The summed E-state index contributed by atoms with van der Waals surface area (Å²) < 4.78 is 36.4. The molecule has 0 radical (unpaired) electrons. The van der Waals surface area contributed by atoms with Crippen LogP contribution in [0.3, 0.4) is 0 Å². The Labute approximate surface area is 494 Å². The number of aliphatic hydroxyl groups is 3. The predicted molar refractivity (Wildman–Crippen MR) is 312 cm³/mol. The molecule has 1 saturated carbocycles. The Balaban J connectivity index is 1.08. The number of aromatic hydroxyl groups is 1. The molecule has 4 heterocycles. The van der Waals surface area contributed by atoms with Crippen LogP contribution in [0.25, 0.3) is 33.4 Å². The Morgan fingerprint density at radius 2 is 1.60 bits per heavy atom. The van der Waals surface area contributed by atoms with Gasteiger partial charge >= 0.3 is 18.0 Å². The Morgan fingerprint density at radius 1 is 0.871 bits per heavy atom. The number of nitrogens with zero attached hydrogens (tertiary/aromatic N) is 1. The number of rotatable bonds is 11. The smallest absolute Gasteiger partial charge is 0.407 e. The summed E-state index contributed by atoms with van der Waals surface area (Å²) in [5.74, 6) is -10.4. The summed E-state index contributed by atoms with van der Waals surface area (Å²) in [6.45, 7) is 10.1. The van der Waals surface area contributed by atoms with Crippen molar-refractivity contribution in [3.8, 4) is 28.2 Å². The number of ketones is 2. The van der Waals surface area contributed by atoms with Crippen LogP contribution in [0.15, 0.2) is 87.1 Å². The van der Waals surface area contributed by atoms with Gasteiger partial charge in [-0.05, 0) is 137 Å². The summed E-state index contributed by atoms with van der Waals surface area (Å²) >= 11 is 0. The van der Waals surface area contributed by atoms with Gasteiger partial charge < -0.3 is 63.9 Å². The van der Waals surface area contributed by atoms with Crippen LogP contribution in [-0.4, -0.2) is 142 Å². The Morgan fingerprint density at radius 3 is 2.32 bits per heavy atom. The monoisotopic (exact) mass is 1180 g/mol. The number of carboxylic acid groups (broad SMARTS) is 1. The molecule has 3 fully saturated rings. The Kier molecular flexibility index (Phi) is 20.9. The summed E-state index contributed by atoms with van der Waals surface area (Å²) in [5, 5.41) is 58.6. The number of carbonyl (C=O) groups excluding carboxylic acids is 5. The van der Waals surface area contributed by atoms with Crippen molar-refractivity contribution >= 4 is 46.5 Å². The number of Topliss-reactive ketones (excluding diaryl/α,β-unsaturated/α-hetero) is 2. The summed E-state index contributed by atoms with van der Waals surface area (Å²) in [7, 11) is 2.95. The van der Waals surface area contributed by atoms with E-state index in [1.54, 1.807) is 51.1 Å². The molecule has 8 rings (SSSR count). The first-order valence-corrected chi connectivity index (χ1v) is 29.6. The largest absolute Gasteiger partial charge is 0.508 e. The molecule has 2 aromatic carbocycles. The molecule has 2 bridgehead atoms.